The number of aliphatic carboxylic acids is 1. The van der Waals surface area contributed by atoms with Crippen LogP contribution in [0.5, 0.6) is 0 Å². The Balaban J connectivity index is 2.74. The van der Waals surface area contributed by atoms with Crippen molar-refractivity contribution in [3.63, 3.8) is 0 Å². The number of hydrogen-bond donors (Lipinski definition) is 1. The number of carbonyl (C=O) groups is 1. The predicted molar refractivity (Wildman–Crippen MR) is 34.6 cm³/mol. The SMILES string of the molecule is Cc1ccnn1CC(=O)O. The third kappa shape index (κ3) is 1.34. The predicted octanol–water partition coefficient (Wildman–Crippen LogP) is 0.276. The fraction of sp³-hybridized carbons (Fsp3) is 0.333. The van der Waals surface area contributed by atoms with Crippen LogP contribution in [-0.2, 0) is 11.3 Å². The highest BCUT2D eigenvalue weighted by Gasteiger charge is 2.00. The Morgan fingerprint density at radius 2 is 2.60 bits per heavy atom. The maximum absolute atomic E-state index is 10.2. The van der Waals surface area contributed by atoms with Crippen LogP contribution in [0.4, 0.5) is 0 Å². The van der Waals surface area contributed by atoms with E-state index in [1.165, 1.54) is 4.68 Å². The van der Waals surface area contributed by atoms with Crippen LogP contribution in [0.1, 0.15) is 5.69 Å². The minimum absolute atomic E-state index is 0.0567. The minimum Gasteiger partial charge on any atom is -0.480 e. The van der Waals surface area contributed by atoms with Gasteiger partial charge in [0.15, 0.2) is 0 Å². The summed E-state index contributed by atoms with van der Waals surface area (Å²) in [6.45, 7) is 1.76. The van der Waals surface area contributed by atoms with E-state index in [2.05, 4.69) is 5.10 Å². The van der Waals surface area contributed by atoms with Crippen LogP contribution in [0.2, 0.25) is 0 Å². The van der Waals surface area contributed by atoms with Gasteiger partial charge in [-0.15, -0.1) is 0 Å². The maximum Gasteiger partial charge on any atom is 0.325 e. The summed E-state index contributed by atoms with van der Waals surface area (Å²) in [4.78, 5) is 10.2. The Labute approximate surface area is 58.1 Å². The Morgan fingerprint density at radius 3 is 3.00 bits per heavy atom. The molecule has 4 nitrogen and oxygen atoms in total. The van der Waals surface area contributed by atoms with Crippen LogP contribution in [0.25, 0.3) is 0 Å². The summed E-state index contributed by atoms with van der Waals surface area (Å²) in [6, 6.07) is 1.77. The normalized spacial score (nSPS) is 9.70. The van der Waals surface area contributed by atoms with Crippen molar-refractivity contribution in [3.05, 3.63) is 18.0 Å². The van der Waals surface area contributed by atoms with Crippen molar-refractivity contribution in [2.24, 2.45) is 0 Å². The first-order chi connectivity index (χ1) is 4.70. The summed E-state index contributed by atoms with van der Waals surface area (Å²) in [7, 11) is 0. The summed E-state index contributed by atoms with van der Waals surface area (Å²) in [5.41, 5.74) is 0.863. The molecule has 0 aliphatic carbocycles. The van der Waals surface area contributed by atoms with E-state index in [4.69, 9.17) is 5.11 Å². The topological polar surface area (TPSA) is 55.1 Å². The lowest BCUT2D eigenvalue weighted by Crippen LogP contribution is -2.10. The zero-order chi connectivity index (χ0) is 7.56. The summed E-state index contributed by atoms with van der Waals surface area (Å²) in [5.74, 6) is -0.869. The number of carboxylic acids is 1. The highest BCUT2D eigenvalue weighted by molar-refractivity contribution is 5.66. The van der Waals surface area contributed by atoms with Crippen LogP contribution in [0.15, 0.2) is 12.3 Å². The van der Waals surface area contributed by atoms with Gasteiger partial charge in [0.05, 0.1) is 0 Å². The molecule has 54 valence electrons. The smallest absolute Gasteiger partial charge is 0.325 e. The molecule has 0 atom stereocenters. The van der Waals surface area contributed by atoms with Crippen LogP contribution < -0.4 is 0 Å². The van der Waals surface area contributed by atoms with Gasteiger partial charge in [0.2, 0.25) is 0 Å². The lowest BCUT2D eigenvalue weighted by Gasteiger charge is -1.97. The van der Waals surface area contributed by atoms with E-state index in [1.807, 2.05) is 6.92 Å². The molecule has 10 heavy (non-hydrogen) atoms. The van der Waals surface area contributed by atoms with Crippen LogP contribution >= 0.6 is 0 Å². The molecular formula is C6H8N2O2. The fourth-order valence-electron chi connectivity index (χ4n) is 0.692. The van der Waals surface area contributed by atoms with Crippen molar-refractivity contribution in [2.75, 3.05) is 0 Å². The van der Waals surface area contributed by atoms with Gasteiger partial charge >= 0.3 is 5.97 Å². The van der Waals surface area contributed by atoms with E-state index < -0.39 is 5.97 Å². The van der Waals surface area contributed by atoms with Crippen molar-refractivity contribution in [1.29, 1.82) is 0 Å². The van der Waals surface area contributed by atoms with E-state index in [9.17, 15) is 4.79 Å². The van der Waals surface area contributed by atoms with Crippen LogP contribution in [0.3, 0.4) is 0 Å². The molecule has 1 aromatic heterocycles. The zero-order valence-corrected chi connectivity index (χ0v) is 5.61. The molecule has 0 saturated carbocycles. The fourth-order valence-corrected chi connectivity index (χ4v) is 0.692. The second-order valence-electron chi connectivity index (χ2n) is 2.02. The van der Waals surface area contributed by atoms with Crippen LogP contribution in [-0.4, -0.2) is 20.9 Å². The number of hydrogen-bond acceptors (Lipinski definition) is 2. The van der Waals surface area contributed by atoms with Crippen LogP contribution in [0, 0.1) is 6.92 Å². The minimum atomic E-state index is -0.869. The van der Waals surface area contributed by atoms with Gasteiger partial charge < -0.3 is 5.11 Å². The molecule has 0 aromatic carbocycles. The molecule has 0 saturated heterocycles. The molecule has 0 radical (unpaired) electrons. The lowest BCUT2D eigenvalue weighted by molar-refractivity contribution is -0.137. The molecule has 1 rings (SSSR count). The standard InChI is InChI=1S/C6H8N2O2/c1-5-2-3-7-8(5)4-6(9)10/h2-3H,4H2,1H3,(H,9,10). The largest absolute Gasteiger partial charge is 0.480 e. The van der Waals surface area contributed by atoms with Crippen molar-refractivity contribution < 1.29 is 9.90 Å². The van der Waals surface area contributed by atoms with Gasteiger partial charge in [0, 0.05) is 11.9 Å². The third-order valence-electron chi connectivity index (χ3n) is 1.21. The van der Waals surface area contributed by atoms with Crippen molar-refractivity contribution in [2.45, 2.75) is 13.5 Å². The van der Waals surface area contributed by atoms with Gasteiger partial charge in [-0.1, -0.05) is 0 Å². The van der Waals surface area contributed by atoms with Crippen molar-refractivity contribution >= 4 is 5.97 Å². The van der Waals surface area contributed by atoms with Gasteiger partial charge in [-0.05, 0) is 13.0 Å². The molecule has 1 aromatic rings. The molecule has 4 heteroatoms. The summed E-state index contributed by atoms with van der Waals surface area (Å²) >= 11 is 0. The first-order valence-corrected chi connectivity index (χ1v) is 2.90. The molecule has 1 heterocycles. The zero-order valence-electron chi connectivity index (χ0n) is 5.61. The average Bonchev–Trinajstić information content (AvgIpc) is 2.15. The first-order valence-electron chi connectivity index (χ1n) is 2.90. The number of aromatic nitrogens is 2. The van der Waals surface area contributed by atoms with Gasteiger partial charge in [0.25, 0.3) is 0 Å². The monoisotopic (exact) mass is 140 g/mol. The molecule has 0 amide bonds. The third-order valence-corrected chi connectivity index (χ3v) is 1.21. The highest BCUT2D eigenvalue weighted by Crippen LogP contribution is 1.94. The Morgan fingerprint density at radius 1 is 1.90 bits per heavy atom. The first kappa shape index (κ1) is 6.80. The summed E-state index contributed by atoms with van der Waals surface area (Å²) < 4.78 is 1.43. The quantitative estimate of drug-likeness (QED) is 0.641. The van der Waals surface area contributed by atoms with Gasteiger partial charge in [0.1, 0.15) is 6.54 Å². The highest BCUT2D eigenvalue weighted by atomic mass is 16.4. The molecule has 0 unspecified atom stereocenters. The Hall–Kier alpha value is -1.32. The van der Waals surface area contributed by atoms with E-state index in [-0.39, 0.29) is 6.54 Å². The second kappa shape index (κ2) is 2.51. The Kier molecular flexibility index (Phi) is 1.71. The summed E-state index contributed by atoms with van der Waals surface area (Å²) in [5, 5.41) is 12.1. The molecular weight excluding hydrogens is 132 g/mol. The molecule has 0 aliphatic rings. The number of nitrogens with zero attached hydrogens (tertiary/aromatic N) is 2. The number of rotatable bonds is 2. The molecule has 0 bridgehead atoms. The lowest BCUT2D eigenvalue weighted by atomic mass is 10.5. The molecule has 0 aliphatic heterocycles. The number of carboxylic acid groups (broad SMARTS) is 1. The molecule has 0 fully saturated rings. The van der Waals surface area contributed by atoms with Crippen molar-refractivity contribution in [1.82, 2.24) is 9.78 Å². The van der Waals surface area contributed by atoms with Gasteiger partial charge in [-0.2, -0.15) is 5.10 Å². The van der Waals surface area contributed by atoms with Gasteiger partial charge in [-0.25, -0.2) is 0 Å². The number of aryl methyl sites for hydroxylation is 1. The maximum atomic E-state index is 10.2. The Bertz CT molecular complexity index is 242. The van der Waals surface area contributed by atoms with E-state index in [0.29, 0.717) is 0 Å². The van der Waals surface area contributed by atoms with E-state index >= 15 is 0 Å². The second-order valence-corrected chi connectivity index (χ2v) is 2.02. The summed E-state index contributed by atoms with van der Waals surface area (Å²) in [6.07, 6.45) is 1.58. The average molecular weight is 140 g/mol. The molecule has 1 N–H and O–H groups in total. The van der Waals surface area contributed by atoms with E-state index in [1.54, 1.807) is 12.3 Å². The van der Waals surface area contributed by atoms with E-state index in [0.717, 1.165) is 5.69 Å². The molecule has 0 spiro atoms. The van der Waals surface area contributed by atoms with Crippen molar-refractivity contribution in [3.8, 4) is 0 Å². The van der Waals surface area contributed by atoms with Gasteiger partial charge in [-0.3, -0.25) is 9.48 Å².